The first kappa shape index (κ1) is 17.3. The summed E-state index contributed by atoms with van der Waals surface area (Å²) in [6.45, 7) is 9.36. The Morgan fingerprint density at radius 3 is 2.54 bits per heavy atom. The van der Waals surface area contributed by atoms with E-state index in [1.165, 1.54) is 16.5 Å². The molecule has 1 fully saturated rings. The van der Waals surface area contributed by atoms with E-state index in [2.05, 4.69) is 51.8 Å². The number of aromatic nitrogens is 1. The van der Waals surface area contributed by atoms with Gasteiger partial charge in [-0.25, -0.2) is 4.79 Å². The van der Waals surface area contributed by atoms with Gasteiger partial charge >= 0.3 is 6.09 Å². The van der Waals surface area contributed by atoms with Gasteiger partial charge in [0.25, 0.3) is 0 Å². The highest BCUT2D eigenvalue weighted by Crippen LogP contribution is 2.31. The molecule has 24 heavy (non-hydrogen) atoms. The lowest BCUT2D eigenvalue weighted by Crippen LogP contribution is -2.42. The highest BCUT2D eigenvalue weighted by molar-refractivity contribution is 9.10. The number of hydrogen-bond acceptors (Lipinski definition) is 2. The van der Waals surface area contributed by atoms with E-state index in [4.69, 9.17) is 4.74 Å². The third kappa shape index (κ3) is 3.61. The number of likely N-dealkylation sites (tertiary alicyclic amines) is 1. The van der Waals surface area contributed by atoms with Crippen LogP contribution in [0.3, 0.4) is 0 Å². The maximum atomic E-state index is 12.2. The van der Waals surface area contributed by atoms with Crippen molar-refractivity contribution in [2.24, 2.45) is 0 Å². The van der Waals surface area contributed by atoms with Crippen molar-refractivity contribution in [3.8, 4) is 0 Å². The average Bonchev–Trinajstić information content (AvgIpc) is 2.89. The van der Waals surface area contributed by atoms with Crippen molar-refractivity contribution in [1.29, 1.82) is 0 Å². The number of halogens is 1. The first-order chi connectivity index (χ1) is 11.2. The Kier molecular flexibility index (Phi) is 4.65. The van der Waals surface area contributed by atoms with Crippen LogP contribution < -0.4 is 0 Å². The van der Waals surface area contributed by atoms with Crippen molar-refractivity contribution in [3.05, 3.63) is 34.4 Å². The number of benzene rings is 1. The molecular weight excluding hydrogens is 368 g/mol. The lowest BCUT2D eigenvalue weighted by molar-refractivity contribution is 0.0189. The van der Waals surface area contributed by atoms with Crippen molar-refractivity contribution < 1.29 is 9.53 Å². The number of rotatable bonds is 1. The Morgan fingerprint density at radius 2 is 1.92 bits per heavy atom. The predicted octanol–water partition coefficient (Wildman–Crippen LogP) is 5.28. The molecule has 0 bridgehead atoms. The molecule has 1 saturated heterocycles. The first-order valence-electron chi connectivity index (χ1n) is 8.49. The van der Waals surface area contributed by atoms with Crippen LogP contribution >= 0.6 is 15.9 Å². The zero-order valence-electron chi connectivity index (χ0n) is 14.8. The van der Waals surface area contributed by atoms with E-state index in [-0.39, 0.29) is 6.09 Å². The zero-order valence-corrected chi connectivity index (χ0v) is 16.4. The summed E-state index contributed by atoms with van der Waals surface area (Å²) in [5, 5.41) is 1.26. The Hall–Kier alpha value is -1.49. The molecule has 4 nitrogen and oxygen atoms in total. The van der Waals surface area contributed by atoms with Gasteiger partial charge < -0.3 is 14.2 Å². The smallest absolute Gasteiger partial charge is 0.410 e. The second kappa shape index (κ2) is 6.43. The number of carbonyl (C=O) groups is 1. The maximum absolute atomic E-state index is 12.2. The molecule has 1 aliphatic heterocycles. The molecule has 2 heterocycles. The summed E-state index contributed by atoms with van der Waals surface area (Å²) in [5.41, 5.74) is 2.14. The van der Waals surface area contributed by atoms with Crippen LogP contribution in [0.2, 0.25) is 0 Å². The van der Waals surface area contributed by atoms with Crippen LogP contribution in [0.15, 0.2) is 28.9 Å². The van der Waals surface area contributed by atoms with Crippen LogP contribution in [-0.2, 0) is 4.74 Å². The molecule has 3 rings (SSSR count). The molecule has 0 N–H and O–H groups in total. The molecule has 5 heteroatoms. The van der Waals surface area contributed by atoms with E-state index in [9.17, 15) is 4.79 Å². The van der Waals surface area contributed by atoms with Gasteiger partial charge in [-0.15, -0.1) is 0 Å². The quantitative estimate of drug-likeness (QED) is 0.660. The molecule has 0 unspecified atom stereocenters. The van der Waals surface area contributed by atoms with E-state index in [0.29, 0.717) is 6.04 Å². The average molecular weight is 393 g/mol. The third-order valence-electron chi connectivity index (χ3n) is 4.48. The molecule has 0 radical (unpaired) electrons. The van der Waals surface area contributed by atoms with Crippen LogP contribution in [0.5, 0.6) is 0 Å². The van der Waals surface area contributed by atoms with Crippen molar-refractivity contribution in [2.45, 2.75) is 52.2 Å². The summed E-state index contributed by atoms with van der Waals surface area (Å²) < 4.78 is 8.97. The van der Waals surface area contributed by atoms with Gasteiger partial charge in [-0.3, -0.25) is 0 Å². The number of nitrogens with zero attached hydrogens (tertiary/aromatic N) is 2. The largest absolute Gasteiger partial charge is 0.444 e. The summed E-state index contributed by atoms with van der Waals surface area (Å²) in [5.74, 6) is 0. The van der Waals surface area contributed by atoms with Gasteiger partial charge in [-0.05, 0) is 64.3 Å². The fraction of sp³-hybridized carbons (Fsp3) is 0.526. The highest BCUT2D eigenvalue weighted by atomic mass is 79.9. The molecule has 0 saturated carbocycles. The van der Waals surface area contributed by atoms with Gasteiger partial charge in [0.15, 0.2) is 0 Å². The van der Waals surface area contributed by atoms with Crippen molar-refractivity contribution in [2.75, 3.05) is 13.1 Å². The lowest BCUT2D eigenvalue weighted by Gasteiger charge is -2.34. The van der Waals surface area contributed by atoms with Crippen LogP contribution in [0.4, 0.5) is 4.79 Å². The van der Waals surface area contributed by atoms with Gasteiger partial charge in [0.05, 0.1) is 5.52 Å². The topological polar surface area (TPSA) is 34.5 Å². The SMILES string of the molecule is Cc1cc(Br)cc2ccn(C3CCN(C(=O)OC(C)(C)C)CC3)c12. The van der Waals surface area contributed by atoms with E-state index in [0.717, 1.165) is 30.4 Å². The highest BCUT2D eigenvalue weighted by Gasteiger charge is 2.28. The van der Waals surface area contributed by atoms with Crippen LogP contribution in [0.25, 0.3) is 10.9 Å². The summed E-state index contributed by atoms with van der Waals surface area (Å²) in [7, 11) is 0. The minimum Gasteiger partial charge on any atom is -0.444 e. The van der Waals surface area contributed by atoms with Crippen molar-refractivity contribution in [1.82, 2.24) is 9.47 Å². The first-order valence-corrected chi connectivity index (χ1v) is 9.28. The molecule has 1 aliphatic rings. The number of ether oxygens (including phenoxy) is 1. The van der Waals surface area contributed by atoms with Gasteiger partial charge in [-0.2, -0.15) is 0 Å². The number of fused-ring (bicyclic) bond motifs is 1. The molecule has 0 spiro atoms. The molecule has 1 aromatic heterocycles. The molecule has 1 aromatic carbocycles. The Bertz CT molecular complexity index is 753. The number of amides is 1. The van der Waals surface area contributed by atoms with Crippen LogP contribution in [-0.4, -0.2) is 34.3 Å². The van der Waals surface area contributed by atoms with Crippen molar-refractivity contribution in [3.63, 3.8) is 0 Å². The molecule has 1 amide bonds. The fourth-order valence-corrected chi connectivity index (χ4v) is 4.02. The molecule has 130 valence electrons. The van der Waals surface area contributed by atoms with Crippen LogP contribution in [0, 0.1) is 6.92 Å². The van der Waals surface area contributed by atoms with Crippen LogP contribution in [0.1, 0.15) is 45.2 Å². The lowest BCUT2D eigenvalue weighted by atomic mass is 10.0. The number of aryl methyl sites for hydroxylation is 1. The monoisotopic (exact) mass is 392 g/mol. The number of piperidine rings is 1. The summed E-state index contributed by atoms with van der Waals surface area (Å²) >= 11 is 3.57. The molecule has 2 aromatic rings. The second-order valence-corrected chi connectivity index (χ2v) is 8.50. The van der Waals surface area contributed by atoms with E-state index in [1.54, 1.807) is 0 Å². The van der Waals surface area contributed by atoms with Gasteiger partial charge in [0, 0.05) is 35.2 Å². The fourth-order valence-electron chi connectivity index (χ4n) is 3.43. The number of hydrogen-bond donors (Lipinski definition) is 0. The third-order valence-corrected chi connectivity index (χ3v) is 4.94. The van der Waals surface area contributed by atoms with E-state index < -0.39 is 5.60 Å². The van der Waals surface area contributed by atoms with Gasteiger partial charge in [0.1, 0.15) is 5.60 Å². The molecule has 0 aliphatic carbocycles. The Labute approximate surface area is 151 Å². The summed E-state index contributed by atoms with van der Waals surface area (Å²) in [4.78, 5) is 14.0. The van der Waals surface area contributed by atoms with E-state index in [1.807, 2.05) is 25.7 Å². The summed E-state index contributed by atoms with van der Waals surface area (Å²) in [6.07, 6.45) is 3.90. The maximum Gasteiger partial charge on any atom is 0.410 e. The normalized spacial score (nSPS) is 16.6. The van der Waals surface area contributed by atoms with Crippen molar-refractivity contribution >= 4 is 32.9 Å². The predicted molar refractivity (Wildman–Crippen MR) is 100 cm³/mol. The van der Waals surface area contributed by atoms with E-state index >= 15 is 0 Å². The second-order valence-electron chi connectivity index (χ2n) is 7.58. The minimum atomic E-state index is -0.435. The minimum absolute atomic E-state index is 0.196. The Morgan fingerprint density at radius 1 is 1.25 bits per heavy atom. The molecule has 0 atom stereocenters. The summed E-state index contributed by atoms with van der Waals surface area (Å²) in [6, 6.07) is 6.93. The number of carbonyl (C=O) groups excluding carboxylic acids is 1. The standard InChI is InChI=1S/C19H25BrN2O2/c1-13-11-15(20)12-14-5-10-22(17(13)14)16-6-8-21(9-7-16)18(23)24-19(2,3)4/h5,10-12,16H,6-9H2,1-4H3. The molecular formula is C19H25BrN2O2. The zero-order chi connectivity index (χ0) is 17.5. The van der Waals surface area contributed by atoms with Gasteiger partial charge in [-0.1, -0.05) is 15.9 Å². The Balaban J connectivity index is 1.73. The van der Waals surface area contributed by atoms with Gasteiger partial charge in [0.2, 0.25) is 0 Å².